The molecule has 1 unspecified atom stereocenters. The molecule has 98 valence electrons. The number of amides is 1. The molecule has 18 heavy (non-hydrogen) atoms. The van der Waals surface area contributed by atoms with E-state index in [9.17, 15) is 9.59 Å². The van der Waals surface area contributed by atoms with Crippen LogP contribution in [0.1, 0.15) is 19.8 Å². The minimum atomic E-state index is -0.478. The van der Waals surface area contributed by atoms with Gasteiger partial charge in [-0.2, -0.15) is 0 Å². The lowest BCUT2D eigenvalue weighted by atomic mass is 10.3. The summed E-state index contributed by atoms with van der Waals surface area (Å²) >= 11 is 0. The van der Waals surface area contributed by atoms with Crippen LogP contribution in [0.2, 0.25) is 0 Å². The molecule has 1 atom stereocenters. The van der Waals surface area contributed by atoms with Gasteiger partial charge in [0.25, 0.3) is 5.56 Å². The second-order valence-electron chi connectivity index (χ2n) is 4.26. The van der Waals surface area contributed by atoms with E-state index in [4.69, 9.17) is 4.74 Å². The van der Waals surface area contributed by atoms with Crippen molar-refractivity contribution in [3.05, 3.63) is 16.7 Å². The lowest BCUT2D eigenvalue weighted by molar-refractivity contribution is -0.121. The van der Waals surface area contributed by atoms with E-state index in [0.717, 1.165) is 12.8 Å². The Hall–Kier alpha value is -2.05. The zero-order valence-corrected chi connectivity index (χ0v) is 10.3. The predicted octanol–water partition coefficient (Wildman–Crippen LogP) is -0.143. The van der Waals surface area contributed by atoms with Crippen molar-refractivity contribution in [2.75, 3.05) is 12.4 Å². The van der Waals surface area contributed by atoms with Crippen LogP contribution in [0.4, 0.5) is 5.82 Å². The molecule has 1 saturated carbocycles. The van der Waals surface area contributed by atoms with Crippen molar-refractivity contribution in [2.24, 2.45) is 0 Å². The fraction of sp³-hybridized carbons (Fsp3) is 0.545. The topological polar surface area (TPSA) is 96.1 Å². The summed E-state index contributed by atoms with van der Waals surface area (Å²) in [6.07, 6.45) is 3.33. The van der Waals surface area contributed by atoms with Crippen molar-refractivity contribution in [3.8, 4) is 5.75 Å². The maximum Gasteiger partial charge on any atom is 0.295 e. The maximum absolute atomic E-state index is 11.8. The highest BCUT2D eigenvalue weighted by Crippen LogP contribution is 2.19. The van der Waals surface area contributed by atoms with E-state index in [1.165, 1.54) is 13.4 Å². The van der Waals surface area contributed by atoms with Crippen molar-refractivity contribution in [1.82, 2.24) is 15.3 Å². The second kappa shape index (κ2) is 5.07. The van der Waals surface area contributed by atoms with E-state index in [0.29, 0.717) is 6.04 Å². The van der Waals surface area contributed by atoms with Gasteiger partial charge in [0.2, 0.25) is 11.7 Å². The van der Waals surface area contributed by atoms with Crippen LogP contribution in [-0.4, -0.2) is 35.1 Å². The molecule has 3 N–H and O–H groups in total. The molecule has 1 heterocycles. The van der Waals surface area contributed by atoms with Crippen LogP contribution < -0.4 is 20.9 Å². The molecule has 1 aliphatic rings. The average Bonchev–Trinajstić information content (AvgIpc) is 3.13. The highest BCUT2D eigenvalue weighted by atomic mass is 16.5. The summed E-state index contributed by atoms with van der Waals surface area (Å²) in [5.41, 5.74) is -0.384. The monoisotopic (exact) mass is 252 g/mol. The molecule has 0 aromatic carbocycles. The number of nitrogens with zero attached hydrogens (tertiary/aromatic N) is 1. The van der Waals surface area contributed by atoms with E-state index in [2.05, 4.69) is 20.6 Å². The average molecular weight is 252 g/mol. The molecule has 1 amide bonds. The number of carbonyl (C=O) groups excluding carboxylic acids is 1. The quantitative estimate of drug-likeness (QED) is 0.677. The zero-order chi connectivity index (χ0) is 13.1. The third kappa shape index (κ3) is 2.79. The molecule has 1 aromatic rings. The Bertz CT molecular complexity index is 495. The van der Waals surface area contributed by atoms with Gasteiger partial charge in [-0.05, 0) is 19.8 Å². The molecule has 7 nitrogen and oxygen atoms in total. The Labute approximate surface area is 104 Å². The minimum absolute atomic E-state index is 0.0728. The highest BCUT2D eigenvalue weighted by Gasteiger charge is 2.26. The lowest BCUT2D eigenvalue weighted by Crippen LogP contribution is -2.39. The van der Waals surface area contributed by atoms with Gasteiger partial charge in [0.1, 0.15) is 6.04 Å². The third-order valence-corrected chi connectivity index (χ3v) is 2.68. The Morgan fingerprint density at radius 3 is 2.94 bits per heavy atom. The molecule has 0 spiro atoms. The van der Waals surface area contributed by atoms with Crippen molar-refractivity contribution in [2.45, 2.75) is 31.8 Å². The summed E-state index contributed by atoms with van der Waals surface area (Å²) in [4.78, 5) is 29.6. The number of methoxy groups -OCH3 is 1. The number of ether oxygens (including phenoxy) is 1. The summed E-state index contributed by atoms with van der Waals surface area (Å²) in [5.74, 6) is 0.227. The molecule has 2 rings (SSSR count). The molecule has 0 saturated heterocycles. The van der Waals surface area contributed by atoms with Crippen molar-refractivity contribution >= 4 is 11.7 Å². The van der Waals surface area contributed by atoms with E-state index in [1.54, 1.807) is 6.92 Å². The SMILES string of the molecule is COc1c(NC(C)C(=O)NC2CC2)nc[nH]c1=O. The number of rotatable bonds is 5. The molecule has 7 heteroatoms. The second-order valence-corrected chi connectivity index (χ2v) is 4.26. The summed E-state index contributed by atoms with van der Waals surface area (Å²) in [7, 11) is 1.38. The van der Waals surface area contributed by atoms with Crippen LogP contribution in [-0.2, 0) is 4.79 Å². The predicted molar refractivity (Wildman–Crippen MR) is 65.7 cm³/mol. The van der Waals surface area contributed by atoms with Gasteiger partial charge in [-0.3, -0.25) is 9.59 Å². The van der Waals surface area contributed by atoms with E-state index >= 15 is 0 Å². The van der Waals surface area contributed by atoms with Crippen LogP contribution in [0.5, 0.6) is 5.75 Å². The molecule has 0 radical (unpaired) electrons. The first-order chi connectivity index (χ1) is 8.61. The van der Waals surface area contributed by atoms with Crippen LogP contribution in [0.15, 0.2) is 11.1 Å². The highest BCUT2D eigenvalue weighted by molar-refractivity contribution is 5.84. The van der Waals surface area contributed by atoms with Gasteiger partial charge in [-0.1, -0.05) is 0 Å². The molecular weight excluding hydrogens is 236 g/mol. The first-order valence-electron chi connectivity index (χ1n) is 5.80. The number of anilines is 1. The minimum Gasteiger partial charge on any atom is -0.489 e. The van der Waals surface area contributed by atoms with E-state index < -0.39 is 6.04 Å². The zero-order valence-electron chi connectivity index (χ0n) is 10.3. The summed E-state index contributed by atoms with van der Waals surface area (Å²) in [6, 6.07) is -0.176. The van der Waals surface area contributed by atoms with Gasteiger partial charge >= 0.3 is 0 Å². The number of hydrogen-bond acceptors (Lipinski definition) is 5. The Morgan fingerprint density at radius 2 is 2.33 bits per heavy atom. The summed E-state index contributed by atoms with van der Waals surface area (Å²) in [5, 5.41) is 5.74. The van der Waals surface area contributed by atoms with Gasteiger partial charge in [0, 0.05) is 6.04 Å². The Kier molecular flexibility index (Phi) is 3.50. The first-order valence-corrected chi connectivity index (χ1v) is 5.80. The van der Waals surface area contributed by atoms with E-state index in [-0.39, 0.29) is 23.0 Å². The smallest absolute Gasteiger partial charge is 0.295 e. The molecule has 1 aliphatic carbocycles. The first kappa shape index (κ1) is 12.4. The molecular formula is C11H16N4O3. The number of H-pyrrole nitrogens is 1. The summed E-state index contributed by atoms with van der Waals surface area (Å²) < 4.78 is 4.95. The number of aromatic nitrogens is 2. The Morgan fingerprint density at radius 1 is 1.61 bits per heavy atom. The fourth-order valence-electron chi connectivity index (χ4n) is 1.50. The molecule has 1 fully saturated rings. The number of aromatic amines is 1. The van der Waals surface area contributed by atoms with Crippen molar-refractivity contribution in [1.29, 1.82) is 0 Å². The third-order valence-electron chi connectivity index (χ3n) is 2.68. The number of nitrogens with one attached hydrogen (secondary N) is 3. The summed E-state index contributed by atoms with van der Waals surface area (Å²) in [6.45, 7) is 1.71. The standard InChI is InChI=1S/C11H16N4O3/c1-6(10(16)15-7-3-4-7)14-9-8(18-2)11(17)13-5-12-9/h5-7H,3-4H2,1-2H3,(H,15,16)(H2,12,13,14,17). The normalized spacial score (nSPS) is 15.9. The van der Waals surface area contributed by atoms with Crippen LogP contribution in [0, 0.1) is 0 Å². The van der Waals surface area contributed by atoms with Crippen molar-refractivity contribution < 1.29 is 9.53 Å². The fourth-order valence-corrected chi connectivity index (χ4v) is 1.50. The van der Waals surface area contributed by atoms with Gasteiger partial charge in [0.15, 0.2) is 5.82 Å². The van der Waals surface area contributed by atoms with Crippen LogP contribution in [0.25, 0.3) is 0 Å². The number of carbonyl (C=O) groups is 1. The van der Waals surface area contributed by atoms with Gasteiger partial charge in [0.05, 0.1) is 13.4 Å². The molecule has 1 aromatic heterocycles. The van der Waals surface area contributed by atoms with E-state index in [1.807, 2.05) is 0 Å². The van der Waals surface area contributed by atoms with Crippen LogP contribution in [0.3, 0.4) is 0 Å². The van der Waals surface area contributed by atoms with Crippen LogP contribution >= 0.6 is 0 Å². The largest absolute Gasteiger partial charge is 0.489 e. The van der Waals surface area contributed by atoms with Crippen molar-refractivity contribution in [3.63, 3.8) is 0 Å². The maximum atomic E-state index is 11.8. The van der Waals surface area contributed by atoms with Gasteiger partial charge in [-0.25, -0.2) is 4.98 Å². The Balaban J connectivity index is 2.05. The number of hydrogen-bond donors (Lipinski definition) is 3. The van der Waals surface area contributed by atoms with Gasteiger partial charge in [-0.15, -0.1) is 0 Å². The molecule has 0 aliphatic heterocycles. The lowest BCUT2D eigenvalue weighted by Gasteiger charge is -2.15. The van der Waals surface area contributed by atoms with Gasteiger partial charge < -0.3 is 20.4 Å². The molecule has 0 bridgehead atoms.